The van der Waals surface area contributed by atoms with E-state index >= 15 is 0 Å². The highest BCUT2D eigenvalue weighted by atomic mass is 32.2. The molecule has 4 unspecified atom stereocenters. The molecule has 0 aromatic carbocycles. The topological polar surface area (TPSA) is 142 Å². The molecule has 1 fully saturated rings. The van der Waals surface area contributed by atoms with Crippen molar-refractivity contribution in [3.63, 3.8) is 0 Å². The predicted molar refractivity (Wildman–Crippen MR) is 108 cm³/mol. The van der Waals surface area contributed by atoms with E-state index in [9.17, 15) is 19.2 Å². The molecule has 1 aliphatic rings. The van der Waals surface area contributed by atoms with Gasteiger partial charge in [0.15, 0.2) is 0 Å². The average Bonchev–Trinajstić information content (AvgIpc) is 3.16. The lowest BCUT2D eigenvalue weighted by molar-refractivity contribution is -0.141. The van der Waals surface area contributed by atoms with E-state index < -0.39 is 42.5 Å². The summed E-state index contributed by atoms with van der Waals surface area (Å²) in [7, 11) is 0. The van der Waals surface area contributed by atoms with Crippen LogP contribution in [0.1, 0.15) is 39.5 Å². The molecule has 0 saturated carbocycles. The van der Waals surface area contributed by atoms with E-state index in [4.69, 9.17) is 10.8 Å². The third-order valence-corrected chi connectivity index (χ3v) is 5.64. The lowest BCUT2D eigenvalue weighted by Gasteiger charge is -2.29. The Kier molecular flexibility index (Phi) is 10.3. The van der Waals surface area contributed by atoms with E-state index in [1.165, 1.54) is 4.90 Å². The summed E-state index contributed by atoms with van der Waals surface area (Å²) in [6.07, 6.45) is 4.30. The van der Waals surface area contributed by atoms with Crippen molar-refractivity contribution in [2.24, 2.45) is 11.7 Å². The number of carboxylic acids is 1. The summed E-state index contributed by atoms with van der Waals surface area (Å²) in [5, 5.41) is 13.8. The number of amides is 3. The number of rotatable bonds is 11. The van der Waals surface area contributed by atoms with Crippen LogP contribution >= 0.6 is 11.8 Å². The van der Waals surface area contributed by atoms with Crippen LogP contribution in [0.2, 0.25) is 0 Å². The summed E-state index contributed by atoms with van der Waals surface area (Å²) in [5.74, 6) is -1.78. The first kappa shape index (κ1) is 24.2. The van der Waals surface area contributed by atoms with Gasteiger partial charge in [-0.15, -0.1) is 0 Å². The Morgan fingerprint density at radius 2 is 2.00 bits per heavy atom. The van der Waals surface area contributed by atoms with Crippen LogP contribution in [-0.2, 0) is 19.2 Å². The maximum atomic E-state index is 12.8. The Hall–Kier alpha value is -1.81. The number of carbonyl (C=O) groups excluding carboxylic acids is 3. The predicted octanol–water partition coefficient (Wildman–Crippen LogP) is -0.210. The average molecular weight is 417 g/mol. The summed E-state index contributed by atoms with van der Waals surface area (Å²) >= 11 is 1.60. The zero-order valence-corrected chi connectivity index (χ0v) is 17.6. The molecule has 0 aromatic heterocycles. The number of carboxylic acid groups (broad SMARTS) is 1. The first-order valence-corrected chi connectivity index (χ1v) is 11.0. The molecule has 1 saturated heterocycles. The fourth-order valence-electron chi connectivity index (χ4n) is 3.11. The van der Waals surface area contributed by atoms with Gasteiger partial charge < -0.3 is 26.4 Å². The van der Waals surface area contributed by atoms with Crippen LogP contribution in [0, 0.1) is 5.92 Å². The van der Waals surface area contributed by atoms with E-state index in [1.54, 1.807) is 18.7 Å². The largest absolute Gasteiger partial charge is 0.480 e. The summed E-state index contributed by atoms with van der Waals surface area (Å²) in [6, 6.07) is -2.17. The lowest BCUT2D eigenvalue weighted by atomic mass is 9.97. The van der Waals surface area contributed by atoms with Crippen molar-refractivity contribution in [2.75, 3.05) is 25.1 Å². The zero-order valence-electron chi connectivity index (χ0n) is 16.8. The second kappa shape index (κ2) is 11.9. The summed E-state index contributed by atoms with van der Waals surface area (Å²) in [5.41, 5.74) is 5.98. The fraction of sp³-hybridized carbons (Fsp3) is 0.778. The summed E-state index contributed by atoms with van der Waals surface area (Å²) in [4.78, 5) is 50.0. The molecule has 0 aliphatic carbocycles. The van der Waals surface area contributed by atoms with Gasteiger partial charge >= 0.3 is 5.97 Å². The monoisotopic (exact) mass is 416 g/mol. The van der Waals surface area contributed by atoms with Gasteiger partial charge in [0.2, 0.25) is 17.7 Å². The number of aliphatic carboxylic acids is 1. The Morgan fingerprint density at radius 1 is 1.32 bits per heavy atom. The molecule has 0 spiro atoms. The van der Waals surface area contributed by atoms with Crippen LogP contribution in [0.25, 0.3) is 0 Å². The summed E-state index contributed by atoms with van der Waals surface area (Å²) < 4.78 is 0. The molecule has 0 bridgehead atoms. The Morgan fingerprint density at radius 3 is 2.57 bits per heavy atom. The van der Waals surface area contributed by atoms with Crippen LogP contribution in [0.3, 0.4) is 0 Å². The Balaban J connectivity index is 2.80. The van der Waals surface area contributed by atoms with Crippen LogP contribution < -0.4 is 16.4 Å². The van der Waals surface area contributed by atoms with Gasteiger partial charge in [-0.1, -0.05) is 20.3 Å². The molecule has 0 radical (unpaired) electrons. The van der Waals surface area contributed by atoms with E-state index in [0.717, 1.165) is 5.75 Å². The molecule has 1 rings (SSSR count). The normalized spacial score (nSPS) is 19.6. The third kappa shape index (κ3) is 6.97. The van der Waals surface area contributed by atoms with Gasteiger partial charge in [0.25, 0.3) is 0 Å². The number of hydrogen-bond acceptors (Lipinski definition) is 6. The van der Waals surface area contributed by atoms with Crippen molar-refractivity contribution in [3.8, 4) is 0 Å². The standard InChI is InChI=1S/C18H32N4O5S/c1-4-11(2)15(17(26)20-10-14(23)24)21-16(25)13-6-5-8-22(13)18(27)12(19)7-9-28-3/h11-13,15H,4-10,19H2,1-3H3,(H,20,26)(H,21,25)(H,23,24). The second-order valence-corrected chi connectivity index (χ2v) is 8.05. The van der Waals surface area contributed by atoms with Gasteiger partial charge in [-0.05, 0) is 37.2 Å². The van der Waals surface area contributed by atoms with E-state index in [1.807, 2.05) is 13.2 Å². The van der Waals surface area contributed by atoms with Crippen molar-refractivity contribution in [2.45, 2.75) is 57.7 Å². The number of thioether (sulfide) groups is 1. The first-order chi connectivity index (χ1) is 13.2. The van der Waals surface area contributed by atoms with Gasteiger partial charge in [-0.2, -0.15) is 11.8 Å². The van der Waals surface area contributed by atoms with Crippen molar-refractivity contribution in [3.05, 3.63) is 0 Å². The fourth-order valence-corrected chi connectivity index (χ4v) is 3.60. The zero-order chi connectivity index (χ0) is 21.3. The maximum absolute atomic E-state index is 12.8. The lowest BCUT2D eigenvalue weighted by Crippen LogP contribution is -2.57. The highest BCUT2D eigenvalue weighted by Gasteiger charge is 2.38. The minimum Gasteiger partial charge on any atom is -0.480 e. The van der Waals surface area contributed by atoms with Crippen molar-refractivity contribution < 1.29 is 24.3 Å². The third-order valence-electron chi connectivity index (χ3n) is 5.00. The Bertz CT molecular complexity index is 574. The van der Waals surface area contributed by atoms with E-state index in [0.29, 0.717) is 32.2 Å². The van der Waals surface area contributed by atoms with E-state index in [-0.39, 0.29) is 11.8 Å². The minimum absolute atomic E-state index is 0.188. The quantitative estimate of drug-likeness (QED) is 0.365. The number of nitrogens with two attached hydrogens (primary N) is 1. The number of nitrogens with one attached hydrogen (secondary N) is 2. The van der Waals surface area contributed by atoms with E-state index in [2.05, 4.69) is 10.6 Å². The highest BCUT2D eigenvalue weighted by molar-refractivity contribution is 7.98. The van der Waals surface area contributed by atoms with Gasteiger partial charge in [0.1, 0.15) is 18.6 Å². The molecule has 9 nitrogen and oxygen atoms in total. The molecule has 1 heterocycles. The SMILES string of the molecule is CCC(C)C(NC(=O)C1CCCN1C(=O)C(N)CCSC)C(=O)NCC(=O)O. The molecule has 5 N–H and O–H groups in total. The second-order valence-electron chi connectivity index (χ2n) is 7.06. The van der Waals surface area contributed by atoms with Gasteiger partial charge in [0, 0.05) is 6.54 Å². The molecular weight excluding hydrogens is 384 g/mol. The number of carbonyl (C=O) groups is 4. The van der Waals surface area contributed by atoms with Gasteiger partial charge in [0.05, 0.1) is 6.04 Å². The van der Waals surface area contributed by atoms with Crippen LogP contribution in [0.15, 0.2) is 0 Å². The first-order valence-electron chi connectivity index (χ1n) is 9.57. The molecule has 28 heavy (non-hydrogen) atoms. The maximum Gasteiger partial charge on any atom is 0.322 e. The van der Waals surface area contributed by atoms with Crippen LogP contribution in [0.4, 0.5) is 0 Å². The van der Waals surface area contributed by atoms with Crippen molar-refractivity contribution in [1.29, 1.82) is 0 Å². The molecule has 160 valence electrons. The molecule has 0 aromatic rings. The van der Waals surface area contributed by atoms with Crippen molar-refractivity contribution >= 4 is 35.5 Å². The van der Waals surface area contributed by atoms with Crippen LogP contribution in [-0.4, -0.2) is 76.9 Å². The van der Waals surface area contributed by atoms with Crippen LogP contribution in [0.5, 0.6) is 0 Å². The molecule has 1 aliphatic heterocycles. The summed E-state index contributed by atoms with van der Waals surface area (Å²) in [6.45, 7) is 3.63. The number of nitrogens with zero attached hydrogens (tertiary/aromatic N) is 1. The molecule has 4 atom stereocenters. The smallest absolute Gasteiger partial charge is 0.322 e. The molecule has 3 amide bonds. The molecule has 10 heteroatoms. The van der Waals surface area contributed by atoms with Gasteiger partial charge in [-0.3, -0.25) is 19.2 Å². The van der Waals surface area contributed by atoms with Crippen molar-refractivity contribution in [1.82, 2.24) is 15.5 Å². The minimum atomic E-state index is -1.16. The molecular formula is C18H32N4O5S. The van der Waals surface area contributed by atoms with Gasteiger partial charge in [-0.25, -0.2) is 0 Å². The highest BCUT2D eigenvalue weighted by Crippen LogP contribution is 2.20. The number of hydrogen-bond donors (Lipinski definition) is 4. The number of likely N-dealkylation sites (tertiary alicyclic amines) is 1. The Labute approximate surface area is 170 Å².